The van der Waals surface area contributed by atoms with E-state index < -0.39 is 5.60 Å². The highest BCUT2D eigenvalue weighted by molar-refractivity contribution is 4.77. The Morgan fingerprint density at radius 3 is 2.39 bits per heavy atom. The van der Waals surface area contributed by atoms with Crippen LogP contribution in [0.4, 0.5) is 0 Å². The fourth-order valence-corrected chi connectivity index (χ4v) is 2.47. The summed E-state index contributed by atoms with van der Waals surface area (Å²) in [6.07, 6.45) is 3.07. The Kier molecular flexibility index (Phi) is 6.57. The number of aliphatic hydroxyl groups is 1. The second-order valence-corrected chi connectivity index (χ2v) is 5.94. The molecule has 4 heteroatoms. The molecular weight excluding hydrogens is 226 g/mol. The Balaban J connectivity index is 2.16. The van der Waals surface area contributed by atoms with Crippen molar-refractivity contribution in [3.05, 3.63) is 0 Å². The SMILES string of the molecule is CCC(C)N1CCN(CCCC(C)(O)CN)CC1. The average molecular weight is 257 g/mol. The van der Waals surface area contributed by atoms with Crippen molar-refractivity contribution in [3.8, 4) is 0 Å². The quantitative estimate of drug-likeness (QED) is 0.711. The summed E-state index contributed by atoms with van der Waals surface area (Å²) >= 11 is 0. The van der Waals surface area contributed by atoms with Gasteiger partial charge in [-0.3, -0.25) is 4.90 Å². The molecule has 0 aliphatic carbocycles. The first-order valence-corrected chi connectivity index (χ1v) is 7.37. The van der Waals surface area contributed by atoms with Crippen molar-refractivity contribution >= 4 is 0 Å². The zero-order valence-corrected chi connectivity index (χ0v) is 12.4. The molecule has 4 nitrogen and oxygen atoms in total. The maximum atomic E-state index is 9.85. The van der Waals surface area contributed by atoms with Crippen LogP contribution in [0.5, 0.6) is 0 Å². The first-order valence-electron chi connectivity index (χ1n) is 7.37. The maximum Gasteiger partial charge on any atom is 0.0741 e. The van der Waals surface area contributed by atoms with Crippen molar-refractivity contribution < 1.29 is 5.11 Å². The van der Waals surface area contributed by atoms with E-state index in [-0.39, 0.29) is 0 Å². The molecule has 108 valence electrons. The lowest BCUT2D eigenvalue weighted by atomic mass is 10.0. The van der Waals surface area contributed by atoms with E-state index in [2.05, 4.69) is 23.6 Å². The highest BCUT2D eigenvalue weighted by atomic mass is 16.3. The van der Waals surface area contributed by atoms with E-state index in [0.29, 0.717) is 12.6 Å². The van der Waals surface area contributed by atoms with E-state index in [4.69, 9.17) is 5.73 Å². The minimum absolute atomic E-state index is 0.356. The molecule has 0 bridgehead atoms. The lowest BCUT2D eigenvalue weighted by molar-refractivity contribution is 0.0491. The predicted molar refractivity (Wildman–Crippen MR) is 76.7 cm³/mol. The molecule has 2 unspecified atom stereocenters. The lowest BCUT2D eigenvalue weighted by Crippen LogP contribution is -2.49. The number of hydrogen-bond acceptors (Lipinski definition) is 4. The van der Waals surface area contributed by atoms with Crippen LogP contribution in [0, 0.1) is 0 Å². The van der Waals surface area contributed by atoms with Crippen LogP contribution in [0.1, 0.15) is 40.0 Å². The summed E-state index contributed by atoms with van der Waals surface area (Å²) in [7, 11) is 0. The van der Waals surface area contributed by atoms with Gasteiger partial charge >= 0.3 is 0 Å². The molecule has 1 rings (SSSR count). The molecule has 0 spiro atoms. The van der Waals surface area contributed by atoms with Gasteiger partial charge in [-0.15, -0.1) is 0 Å². The predicted octanol–water partition coefficient (Wildman–Crippen LogP) is 0.892. The molecule has 0 amide bonds. The van der Waals surface area contributed by atoms with Gasteiger partial charge in [-0.2, -0.15) is 0 Å². The number of nitrogens with two attached hydrogens (primary N) is 1. The molecule has 18 heavy (non-hydrogen) atoms. The van der Waals surface area contributed by atoms with Crippen molar-refractivity contribution in [2.24, 2.45) is 5.73 Å². The molecule has 1 fully saturated rings. The second-order valence-electron chi connectivity index (χ2n) is 5.94. The largest absolute Gasteiger partial charge is 0.389 e. The van der Waals surface area contributed by atoms with Gasteiger partial charge in [0.15, 0.2) is 0 Å². The highest BCUT2D eigenvalue weighted by Crippen LogP contribution is 2.13. The van der Waals surface area contributed by atoms with Crippen LogP contribution in [-0.4, -0.2) is 65.8 Å². The molecule has 2 atom stereocenters. The molecule has 0 aromatic heterocycles. The van der Waals surface area contributed by atoms with Crippen LogP contribution in [0.2, 0.25) is 0 Å². The average Bonchev–Trinajstić information content (AvgIpc) is 2.38. The van der Waals surface area contributed by atoms with Gasteiger partial charge in [0.1, 0.15) is 0 Å². The van der Waals surface area contributed by atoms with Crippen LogP contribution < -0.4 is 5.73 Å². The van der Waals surface area contributed by atoms with Crippen molar-refractivity contribution in [1.29, 1.82) is 0 Å². The zero-order chi connectivity index (χ0) is 13.6. The third-order valence-corrected chi connectivity index (χ3v) is 4.25. The van der Waals surface area contributed by atoms with Crippen LogP contribution in [0.25, 0.3) is 0 Å². The summed E-state index contributed by atoms with van der Waals surface area (Å²) in [5, 5.41) is 9.85. The molecule has 1 aliphatic heterocycles. The minimum Gasteiger partial charge on any atom is -0.389 e. The van der Waals surface area contributed by atoms with Crippen molar-refractivity contribution in [2.45, 2.75) is 51.7 Å². The van der Waals surface area contributed by atoms with Crippen LogP contribution in [0.15, 0.2) is 0 Å². The van der Waals surface area contributed by atoms with Crippen LogP contribution >= 0.6 is 0 Å². The molecule has 1 heterocycles. The molecule has 0 aromatic rings. The van der Waals surface area contributed by atoms with Gasteiger partial charge in [0.05, 0.1) is 5.60 Å². The Morgan fingerprint density at radius 1 is 1.28 bits per heavy atom. The summed E-state index contributed by atoms with van der Waals surface area (Å²) in [6.45, 7) is 12.5. The highest BCUT2D eigenvalue weighted by Gasteiger charge is 2.21. The summed E-state index contributed by atoms with van der Waals surface area (Å²) in [5.74, 6) is 0. The van der Waals surface area contributed by atoms with Crippen molar-refractivity contribution in [1.82, 2.24) is 9.80 Å². The number of nitrogens with zero attached hydrogens (tertiary/aromatic N) is 2. The Bertz CT molecular complexity index is 225. The van der Waals surface area contributed by atoms with E-state index in [1.165, 1.54) is 19.5 Å². The van der Waals surface area contributed by atoms with Gasteiger partial charge in [-0.1, -0.05) is 6.92 Å². The Hall–Kier alpha value is -0.160. The standard InChI is InChI=1S/C14H31N3O/c1-4-13(2)17-10-8-16(9-11-17)7-5-6-14(3,18)12-15/h13,18H,4-12,15H2,1-3H3. The topological polar surface area (TPSA) is 52.7 Å². The zero-order valence-electron chi connectivity index (χ0n) is 12.4. The molecule has 0 saturated carbocycles. The van der Waals surface area contributed by atoms with E-state index in [9.17, 15) is 5.11 Å². The number of rotatable bonds is 7. The molecule has 1 aliphatic rings. The first kappa shape index (κ1) is 15.9. The molecular formula is C14H31N3O. The minimum atomic E-state index is -0.682. The van der Waals surface area contributed by atoms with Gasteiger partial charge in [0, 0.05) is 38.8 Å². The van der Waals surface area contributed by atoms with Gasteiger partial charge in [-0.05, 0) is 39.7 Å². The van der Waals surface area contributed by atoms with E-state index in [1.54, 1.807) is 0 Å². The maximum absolute atomic E-state index is 9.85. The molecule has 1 saturated heterocycles. The van der Waals surface area contributed by atoms with Crippen molar-refractivity contribution in [2.75, 3.05) is 39.3 Å². The third kappa shape index (κ3) is 5.22. The number of piperazine rings is 1. The van der Waals surface area contributed by atoms with Gasteiger partial charge in [-0.25, -0.2) is 0 Å². The first-order chi connectivity index (χ1) is 8.48. The third-order valence-electron chi connectivity index (χ3n) is 4.25. The fraction of sp³-hybridized carbons (Fsp3) is 1.00. The summed E-state index contributed by atoms with van der Waals surface area (Å²) < 4.78 is 0. The number of hydrogen-bond donors (Lipinski definition) is 2. The van der Waals surface area contributed by atoms with Gasteiger partial charge in [0.2, 0.25) is 0 Å². The lowest BCUT2D eigenvalue weighted by Gasteiger charge is -2.38. The monoisotopic (exact) mass is 257 g/mol. The Morgan fingerprint density at radius 2 is 1.89 bits per heavy atom. The summed E-state index contributed by atoms with van der Waals surface area (Å²) in [5.41, 5.74) is 4.84. The smallest absolute Gasteiger partial charge is 0.0741 e. The summed E-state index contributed by atoms with van der Waals surface area (Å²) in [4.78, 5) is 5.08. The molecule has 0 aromatic carbocycles. The summed E-state index contributed by atoms with van der Waals surface area (Å²) in [6, 6.07) is 0.713. The van der Waals surface area contributed by atoms with Crippen molar-refractivity contribution in [3.63, 3.8) is 0 Å². The van der Waals surface area contributed by atoms with Crippen LogP contribution in [0.3, 0.4) is 0 Å². The molecule has 0 radical (unpaired) electrons. The van der Waals surface area contributed by atoms with E-state index in [0.717, 1.165) is 32.5 Å². The van der Waals surface area contributed by atoms with E-state index in [1.807, 2.05) is 6.92 Å². The van der Waals surface area contributed by atoms with Crippen LogP contribution in [-0.2, 0) is 0 Å². The second kappa shape index (κ2) is 7.43. The van der Waals surface area contributed by atoms with Gasteiger partial charge < -0.3 is 15.7 Å². The van der Waals surface area contributed by atoms with E-state index >= 15 is 0 Å². The van der Waals surface area contributed by atoms with Gasteiger partial charge in [0.25, 0.3) is 0 Å². The Labute approximate surface area is 112 Å². The normalized spacial score (nSPS) is 23.8. The molecule has 3 N–H and O–H groups in total. The fourth-order valence-electron chi connectivity index (χ4n) is 2.47.